The largest absolute Gasteiger partial charge is 0.203 e. The number of fused-ring (bicyclic) bond motifs is 2. The van der Waals surface area contributed by atoms with Crippen LogP contribution < -0.4 is 0 Å². The third kappa shape index (κ3) is 2.00. The molecular formula is C16H6F4N2S. The Morgan fingerprint density at radius 2 is 1.61 bits per heavy atom. The van der Waals surface area contributed by atoms with Crippen molar-refractivity contribution in [2.24, 2.45) is 0 Å². The first-order valence-electron chi connectivity index (χ1n) is 6.54. The van der Waals surface area contributed by atoms with Crippen molar-refractivity contribution in [1.29, 1.82) is 0 Å². The molecule has 7 heteroatoms. The summed E-state index contributed by atoms with van der Waals surface area (Å²) in [5.74, 6) is -6.77. The Kier molecular flexibility index (Phi) is 3.05. The molecule has 0 bridgehead atoms. The Labute approximate surface area is 131 Å². The summed E-state index contributed by atoms with van der Waals surface area (Å²) in [5, 5.41) is 7.50. The Balaban J connectivity index is 2.11. The van der Waals surface area contributed by atoms with E-state index in [9.17, 15) is 17.6 Å². The summed E-state index contributed by atoms with van der Waals surface area (Å²) in [6.07, 6.45) is 1.22. The molecule has 0 aliphatic rings. The summed E-state index contributed by atoms with van der Waals surface area (Å²) < 4.78 is 55.9. The van der Waals surface area contributed by atoms with Crippen molar-refractivity contribution in [3.05, 3.63) is 59.8 Å². The molecule has 0 aliphatic carbocycles. The molecule has 2 aromatic heterocycles. The van der Waals surface area contributed by atoms with Crippen LogP contribution in [0.3, 0.4) is 0 Å². The molecule has 0 saturated heterocycles. The predicted molar refractivity (Wildman–Crippen MR) is 80.2 cm³/mol. The number of thiophene rings is 1. The number of hydrogen-bond acceptors (Lipinski definition) is 3. The maximum Gasteiger partial charge on any atom is 0.199 e. The highest BCUT2D eigenvalue weighted by Crippen LogP contribution is 2.38. The minimum Gasteiger partial charge on any atom is -0.203 e. The summed E-state index contributed by atoms with van der Waals surface area (Å²) in [6, 6.07) is 9.19. The second kappa shape index (κ2) is 4.99. The van der Waals surface area contributed by atoms with Gasteiger partial charge < -0.3 is 0 Å². The average molecular weight is 334 g/mol. The van der Waals surface area contributed by atoms with Crippen LogP contribution in [0.5, 0.6) is 0 Å². The molecule has 4 rings (SSSR count). The highest BCUT2D eigenvalue weighted by molar-refractivity contribution is 7.22. The second-order valence-corrected chi connectivity index (χ2v) is 5.97. The number of halogens is 4. The van der Waals surface area contributed by atoms with Crippen LogP contribution in [0.1, 0.15) is 0 Å². The van der Waals surface area contributed by atoms with Crippen molar-refractivity contribution < 1.29 is 17.6 Å². The van der Waals surface area contributed by atoms with Gasteiger partial charge in [-0.2, -0.15) is 5.10 Å². The van der Waals surface area contributed by atoms with E-state index in [2.05, 4.69) is 10.2 Å². The van der Waals surface area contributed by atoms with E-state index in [1.165, 1.54) is 17.5 Å². The van der Waals surface area contributed by atoms with E-state index in [0.29, 0.717) is 4.88 Å². The molecule has 0 aliphatic heterocycles. The molecule has 114 valence electrons. The minimum absolute atomic E-state index is 0.173. The van der Waals surface area contributed by atoms with Gasteiger partial charge in [0.15, 0.2) is 23.3 Å². The fourth-order valence-corrected chi connectivity index (χ4v) is 3.55. The summed E-state index contributed by atoms with van der Waals surface area (Å²) in [4.78, 5) is 0.565. The highest BCUT2D eigenvalue weighted by Gasteiger charge is 2.24. The molecule has 0 atom stereocenters. The van der Waals surface area contributed by atoms with Crippen molar-refractivity contribution in [1.82, 2.24) is 10.2 Å². The first-order valence-corrected chi connectivity index (χ1v) is 7.36. The van der Waals surface area contributed by atoms with Crippen molar-refractivity contribution in [2.75, 3.05) is 0 Å². The van der Waals surface area contributed by atoms with Crippen LogP contribution in [0.15, 0.2) is 36.5 Å². The molecule has 2 heterocycles. The average Bonchev–Trinajstić information content (AvgIpc) is 3.01. The summed E-state index contributed by atoms with van der Waals surface area (Å²) in [6.45, 7) is 0. The Bertz CT molecular complexity index is 1040. The topological polar surface area (TPSA) is 25.8 Å². The molecule has 0 saturated carbocycles. The number of benzene rings is 2. The molecule has 0 radical (unpaired) electrons. The lowest BCUT2D eigenvalue weighted by Gasteiger charge is -2.07. The molecule has 4 aromatic rings. The lowest BCUT2D eigenvalue weighted by molar-refractivity contribution is 0.417. The van der Waals surface area contributed by atoms with Gasteiger partial charge in [0.2, 0.25) is 0 Å². The van der Waals surface area contributed by atoms with Gasteiger partial charge in [-0.1, -0.05) is 18.2 Å². The zero-order valence-corrected chi connectivity index (χ0v) is 12.1. The van der Waals surface area contributed by atoms with E-state index < -0.39 is 34.2 Å². The minimum atomic E-state index is -1.89. The first-order chi connectivity index (χ1) is 11.1. The van der Waals surface area contributed by atoms with Crippen LogP contribution >= 0.6 is 11.3 Å². The van der Waals surface area contributed by atoms with Gasteiger partial charge in [0, 0.05) is 15.1 Å². The maximum absolute atomic E-state index is 14.2. The number of hydrogen-bond donors (Lipinski definition) is 0. The van der Waals surface area contributed by atoms with Gasteiger partial charge >= 0.3 is 0 Å². The Morgan fingerprint density at radius 3 is 2.39 bits per heavy atom. The monoisotopic (exact) mass is 334 g/mol. The van der Waals surface area contributed by atoms with Gasteiger partial charge in [0.1, 0.15) is 5.52 Å². The van der Waals surface area contributed by atoms with Crippen LogP contribution in [0.2, 0.25) is 0 Å². The number of rotatable bonds is 1. The molecule has 0 unspecified atom stereocenters. The van der Waals surface area contributed by atoms with Crippen LogP contribution in [0.4, 0.5) is 17.6 Å². The van der Waals surface area contributed by atoms with Gasteiger partial charge in [-0.3, -0.25) is 0 Å². The molecule has 0 spiro atoms. The molecule has 0 fully saturated rings. The smallest absolute Gasteiger partial charge is 0.199 e. The third-order valence-electron chi connectivity index (χ3n) is 3.55. The maximum atomic E-state index is 14.2. The fourth-order valence-electron chi connectivity index (χ4n) is 2.47. The fraction of sp³-hybridized carbons (Fsp3) is 0. The molecule has 2 nitrogen and oxygen atoms in total. The quantitative estimate of drug-likeness (QED) is 0.276. The zero-order chi connectivity index (χ0) is 16.1. The van der Waals surface area contributed by atoms with Crippen LogP contribution in [0.25, 0.3) is 31.4 Å². The highest BCUT2D eigenvalue weighted by atomic mass is 32.1. The van der Waals surface area contributed by atoms with E-state index in [4.69, 9.17) is 0 Å². The van der Waals surface area contributed by atoms with E-state index in [-0.39, 0.29) is 5.56 Å². The first kappa shape index (κ1) is 14.1. The zero-order valence-electron chi connectivity index (χ0n) is 11.3. The van der Waals surface area contributed by atoms with Gasteiger partial charge in [0.05, 0.1) is 11.6 Å². The summed E-state index contributed by atoms with van der Waals surface area (Å²) in [7, 11) is 0. The van der Waals surface area contributed by atoms with E-state index in [0.717, 1.165) is 10.1 Å². The standard InChI is InChI=1S/C16H6F4N2S/c17-12-11-8(10-5-7-3-1-2-4-9(7)23-10)6-21-22-16(11)15(20)14(19)13(12)18/h1-6H. The van der Waals surface area contributed by atoms with Crippen LogP contribution in [-0.4, -0.2) is 10.2 Å². The Hall–Kier alpha value is -2.54. The van der Waals surface area contributed by atoms with Gasteiger partial charge in [-0.05, 0) is 17.5 Å². The number of aromatic nitrogens is 2. The number of nitrogens with zero attached hydrogens (tertiary/aromatic N) is 2. The van der Waals surface area contributed by atoms with Crippen molar-refractivity contribution >= 4 is 32.3 Å². The van der Waals surface area contributed by atoms with E-state index >= 15 is 0 Å². The normalized spacial score (nSPS) is 11.5. The molecule has 0 N–H and O–H groups in total. The summed E-state index contributed by atoms with van der Waals surface area (Å²) >= 11 is 1.32. The summed E-state index contributed by atoms with van der Waals surface area (Å²) in [5.41, 5.74) is -0.456. The lowest BCUT2D eigenvalue weighted by Crippen LogP contribution is -2.01. The van der Waals surface area contributed by atoms with E-state index in [1.807, 2.05) is 24.3 Å². The van der Waals surface area contributed by atoms with Gasteiger partial charge in [0.25, 0.3) is 0 Å². The Morgan fingerprint density at radius 1 is 0.870 bits per heavy atom. The molecular weight excluding hydrogens is 328 g/mol. The molecule has 2 aromatic carbocycles. The van der Waals surface area contributed by atoms with Crippen molar-refractivity contribution in [2.45, 2.75) is 0 Å². The van der Waals surface area contributed by atoms with Gasteiger partial charge in [-0.15, -0.1) is 16.4 Å². The van der Waals surface area contributed by atoms with E-state index in [1.54, 1.807) is 6.07 Å². The van der Waals surface area contributed by atoms with Crippen LogP contribution in [0, 0.1) is 23.3 Å². The SMILES string of the molecule is Fc1c(F)c(F)c2c(-c3cc4ccccc4s3)cnnc2c1F. The molecule has 0 amide bonds. The lowest BCUT2D eigenvalue weighted by atomic mass is 10.1. The van der Waals surface area contributed by atoms with Crippen molar-refractivity contribution in [3.63, 3.8) is 0 Å². The van der Waals surface area contributed by atoms with Crippen molar-refractivity contribution in [3.8, 4) is 10.4 Å². The molecule has 23 heavy (non-hydrogen) atoms. The van der Waals surface area contributed by atoms with Crippen LogP contribution in [-0.2, 0) is 0 Å². The predicted octanol–water partition coefficient (Wildman–Crippen LogP) is 5.07. The third-order valence-corrected chi connectivity index (χ3v) is 4.70. The van der Waals surface area contributed by atoms with Gasteiger partial charge in [-0.25, -0.2) is 17.6 Å². The second-order valence-electron chi connectivity index (χ2n) is 4.89.